The lowest BCUT2D eigenvalue weighted by molar-refractivity contribution is -0.0800. The van der Waals surface area contributed by atoms with Crippen LogP contribution in [0.4, 0.5) is 14.6 Å². The van der Waals surface area contributed by atoms with E-state index in [-0.39, 0.29) is 13.0 Å². The summed E-state index contributed by atoms with van der Waals surface area (Å²) in [6.45, 7) is 0.198. The van der Waals surface area contributed by atoms with Gasteiger partial charge >= 0.3 is 0 Å². The molecule has 0 spiro atoms. The van der Waals surface area contributed by atoms with E-state index in [4.69, 9.17) is 11.6 Å². The minimum Gasteiger partial charge on any atom is -0.382 e. The number of anilines is 1. The van der Waals surface area contributed by atoms with Gasteiger partial charge in [0.1, 0.15) is 10.8 Å². The molecule has 3 heterocycles. The molecule has 1 aliphatic rings. The summed E-state index contributed by atoms with van der Waals surface area (Å²) < 4.78 is 27.6. The van der Waals surface area contributed by atoms with E-state index in [9.17, 15) is 13.9 Å². The van der Waals surface area contributed by atoms with Crippen LogP contribution in [0.1, 0.15) is 6.42 Å². The Bertz CT molecular complexity index is 688. The van der Waals surface area contributed by atoms with Crippen LogP contribution in [0.2, 0.25) is 5.15 Å². The molecule has 1 aliphatic heterocycles. The molecule has 114 valence electrons. The summed E-state index contributed by atoms with van der Waals surface area (Å²) in [5.74, 6) is 0.565. The smallest absolute Gasteiger partial charge is 0.268 e. The van der Waals surface area contributed by atoms with Gasteiger partial charge in [0.15, 0.2) is 5.82 Å². The highest BCUT2D eigenvalue weighted by atomic mass is 127. The SMILES string of the molecule is OC1(C(F)F)CCN(c2nn(PI)c3cc(Cl)ncc23)C1. The molecule has 1 fully saturated rings. The molecule has 0 amide bonds. The summed E-state index contributed by atoms with van der Waals surface area (Å²) in [5.41, 5.74) is -1.16. The van der Waals surface area contributed by atoms with E-state index in [2.05, 4.69) is 32.1 Å². The van der Waals surface area contributed by atoms with E-state index in [0.29, 0.717) is 23.9 Å². The van der Waals surface area contributed by atoms with Crippen molar-refractivity contribution in [1.29, 1.82) is 0 Å². The summed E-state index contributed by atoms with van der Waals surface area (Å²) in [4.78, 5) is 5.71. The number of rotatable bonds is 3. The number of hydrogen-bond donors (Lipinski definition) is 1. The Morgan fingerprint density at radius 2 is 2.29 bits per heavy atom. The van der Waals surface area contributed by atoms with Gasteiger partial charge in [-0.25, -0.2) is 18.2 Å². The Morgan fingerprint density at radius 1 is 1.52 bits per heavy atom. The van der Waals surface area contributed by atoms with Crippen molar-refractivity contribution in [1.82, 2.24) is 14.5 Å². The van der Waals surface area contributed by atoms with Gasteiger partial charge in [-0.2, -0.15) is 0 Å². The summed E-state index contributed by atoms with van der Waals surface area (Å²) >= 11 is 8.08. The third-order valence-corrected chi connectivity index (χ3v) is 5.66. The number of aromatic nitrogens is 3. The van der Waals surface area contributed by atoms with Crippen LogP contribution in [-0.4, -0.2) is 44.8 Å². The molecular weight excluding hydrogens is 435 g/mol. The standard InChI is InChI=1S/C11H11ClF2IN4OP/c12-8-3-7-6(4-16-8)9(17-19(7)21-15)18-2-1-11(20,5-18)10(13)14/h3-4,10,20-21H,1-2,5H2. The van der Waals surface area contributed by atoms with Crippen molar-refractivity contribution in [3.63, 3.8) is 0 Å². The number of alkyl halides is 2. The molecule has 5 nitrogen and oxygen atoms in total. The van der Waals surface area contributed by atoms with Gasteiger partial charge in [0.05, 0.1) is 23.8 Å². The van der Waals surface area contributed by atoms with E-state index >= 15 is 0 Å². The molecule has 0 aromatic carbocycles. The largest absolute Gasteiger partial charge is 0.382 e. The zero-order valence-corrected chi connectivity index (χ0v) is 14.5. The van der Waals surface area contributed by atoms with E-state index in [0.717, 1.165) is 10.9 Å². The van der Waals surface area contributed by atoms with E-state index in [1.807, 2.05) is 0 Å². The van der Waals surface area contributed by atoms with Crippen LogP contribution in [0.15, 0.2) is 12.3 Å². The maximum absolute atomic E-state index is 12.9. The minimum atomic E-state index is -2.77. The van der Waals surface area contributed by atoms with Gasteiger partial charge in [0.2, 0.25) is 0 Å². The lowest BCUT2D eigenvalue weighted by Crippen LogP contribution is -2.40. The summed E-state index contributed by atoms with van der Waals surface area (Å²) in [6.07, 6.45) is -0.808. The van der Waals surface area contributed by atoms with Crippen molar-refractivity contribution >= 4 is 56.7 Å². The Morgan fingerprint density at radius 3 is 2.90 bits per heavy atom. The maximum Gasteiger partial charge on any atom is 0.268 e. The molecule has 1 saturated heterocycles. The average Bonchev–Trinajstić information content (AvgIpc) is 3.00. The van der Waals surface area contributed by atoms with Crippen LogP contribution in [0.5, 0.6) is 0 Å². The highest BCUT2D eigenvalue weighted by Gasteiger charge is 2.45. The maximum atomic E-state index is 12.9. The van der Waals surface area contributed by atoms with Gasteiger partial charge in [0.25, 0.3) is 6.43 Å². The first kappa shape index (κ1) is 15.6. The topological polar surface area (TPSA) is 54.2 Å². The van der Waals surface area contributed by atoms with Crippen molar-refractivity contribution in [2.24, 2.45) is 0 Å². The zero-order chi connectivity index (χ0) is 15.2. The normalized spacial score (nSPS) is 23.2. The van der Waals surface area contributed by atoms with Gasteiger partial charge in [-0.3, -0.25) is 0 Å². The second-order valence-electron chi connectivity index (χ2n) is 4.92. The number of fused-ring (bicyclic) bond motifs is 1. The first-order valence-corrected chi connectivity index (χ1v) is 10.5. The molecule has 0 aliphatic carbocycles. The zero-order valence-electron chi connectivity index (χ0n) is 10.6. The molecule has 2 atom stereocenters. The number of hydrogen-bond acceptors (Lipinski definition) is 4. The molecule has 0 saturated carbocycles. The molecule has 10 heteroatoms. The predicted molar refractivity (Wildman–Crippen MR) is 88.1 cm³/mol. The second-order valence-corrected chi connectivity index (χ2v) is 7.35. The van der Waals surface area contributed by atoms with Crippen molar-refractivity contribution in [2.45, 2.75) is 18.4 Å². The Balaban J connectivity index is 2.02. The minimum absolute atomic E-state index is 0.0204. The Labute approximate surface area is 139 Å². The summed E-state index contributed by atoms with van der Waals surface area (Å²) in [7, 11) is 0. The quantitative estimate of drug-likeness (QED) is 0.447. The van der Waals surface area contributed by atoms with Crippen LogP contribution >= 0.6 is 40.0 Å². The molecule has 2 aromatic rings. The van der Waals surface area contributed by atoms with Gasteiger partial charge in [-0.15, -0.1) is 5.10 Å². The molecule has 1 N–H and O–H groups in total. The van der Waals surface area contributed by atoms with E-state index < -0.39 is 12.0 Å². The third kappa shape index (κ3) is 2.71. The number of pyridine rings is 1. The van der Waals surface area contributed by atoms with E-state index in [1.54, 1.807) is 21.6 Å². The first-order chi connectivity index (χ1) is 9.94. The lowest BCUT2D eigenvalue weighted by atomic mass is 10.1. The molecule has 0 bridgehead atoms. The molecule has 0 radical (unpaired) electrons. The fourth-order valence-electron chi connectivity index (χ4n) is 2.44. The van der Waals surface area contributed by atoms with Crippen LogP contribution in [-0.2, 0) is 0 Å². The van der Waals surface area contributed by atoms with Crippen LogP contribution in [0.3, 0.4) is 0 Å². The number of β-amino-alcohol motifs (C(OH)–C–C–N with tert-alkyl or cyclic N) is 1. The number of aliphatic hydroxyl groups is 1. The highest BCUT2D eigenvalue weighted by Crippen LogP contribution is 2.38. The monoisotopic (exact) mass is 446 g/mol. The number of halogens is 4. The van der Waals surface area contributed by atoms with Crippen LogP contribution < -0.4 is 4.90 Å². The van der Waals surface area contributed by atoms with E-state index in [1.165, 1.54) is 0 Å². The third-order valence-electron chi connectivity index (χ3n) is 3.58. The summed E-state index contributed by atoms with van der Waals surface area (Å²) in [6, 6.07) is 1.70. The van der Waals surface area contributed by atoms with Gasteiger partial charge < -0.3 is 10.0 Å². The van der Waals surface area contributed by atoms with Crippen LogP contribution in [0, 0.1) is 0 Å². The second kappa shape index (κ2) is 5.72. The lowest BCUT2D eigenvalue weighted by Gasteiger charge is -2.22. The fraction of sp³-hybridized carbons (Fsp3) is 0.455. The van der Waals surface area contributed by atoms with Crippen molar-refractivity contribution in [3.8, 4) is 0 Å². The summed E-state index contributed by atoms with van der Waals surface area (Å²) in [5, 5.41) is 15.5. The van der Waals surface area contributed by atoms with Crippen LogP contribution in [0.25, 0.3) is 10.9 Å². The van der Waals surface area contributed by atoms with Gasteiger partial charge in [-0.05, 0) is 22.0 Å². The highest BCUT2D eigenvalue weighted by molar-refractivity contribution is 14.2. The Kier molecular flexibility index (Phi) is 4.24. The van der Waals surface area contributed by atoms with Crippen molar-refractivity contribution < 1.29 is 13.9 Å². The van der Waals surface area contributed by atoms with Gasteiger partial charge in [-0.1, -0.05) is 11.6 Å². The van der Waals surface area contributed by atoms with Crippen molar-refractivity contribution in [2.75, 3.05) is 18.0 Å². The Hall–Kier alpha value is -0.310. The molecule has 3 rings (SSSR count). The predicted octanol–water partition coefficient (Wildman–Crippen LogP) is 3.08. The number of nitrogens with zero attached hydrogens (tertiary/aromatic N) is 4. The van der Waals surface area contributed by atoms with Gasteiger partial charge in [0, 0.05) is 25.2 Å². The van der Waals surface area contributed by atoms with Crippen molar-refractivity contribution in [3.05, 3.63) is 17.4 Å². The first-order valence-electron chi connectivity index (χ1n) is 6.11. The molecular formula is C11H11ClF2IN4OP. The molecule has 21 heavy (non-hydrogen) atoms. The average molecular weight is 447 g/mol. The fourth-order valence-corrected chi connectivity index (χ4v) is 4.11. The molecule has 2 aromatic heterocycles. The molecule has 2 unspecified atom stereocenters.